The van der Waals surface area contributed by atoms with Crippen molar-refractivity contribution in [3.05, 3.63) is 174 Å². The molecule has 6 aromatic carbocycles. The molecule has 0 amide bonds. The third-order valence-corrected chi connectivity index (χ3v) is 13.8. The van der Waals surface area contributed by atoms with Gasteiger partial charge in [-0.15, -0.1) is 29.7 Å². The second-order valence-corrected chi connectivity index (χ2v) is 21.1. The first-order valence-corrected chi connectivity index (χ1v) is 23.1. The Morgan fingerprint density at radius 1 is 0.600 bits per heavy atom. The number of hydrogen-bond donors (Lipinski definition) is 0. The van der Waals surface area contributed by atoms with Crippen molar-refractivity contribution >= 4 is 44.6 Å². The zero-order valence-corrected chi connectivity index (χ0v) is 42.2. The minimum atomic E-state index is 0. The van der Waals surface area contributed by atoms with Crippen LogP contribution in [0, 0.1) is 18.8 Å². The van der Waals surface area contributed by atoms with Crippen LogP contribution in [-0.2, 0) is 31.9 Å². The van der Waals surface area contributed by atoms with Crippen molar-refractivity contribution in [2.45, 2.75) is 112 Å². The Morgan fingerprint density at radius 2 is 1.28 bits per heavy atom. The van der Waals surface area contributed by atoms with Crippen molar-refractivity contribution in [3.63, 3.8) is 0 Å². The van der Waals surface area contributed by atoms with Crippen LogP contribution in [0.2, 0.25) is 0 Å². The van der Waals surface area contributed by atoms with Crippen molar-refractivity contribution < 1.29 is 25.8 Å². The fourth-order valence-corrected chi connectivity index (χ4v) is 10.1. The monoisotopic (exact) mass is 1040 g/mol. The second-order valence-electron chi connectivity index (χ2n) is 21.1. The number of ether oxygens (including phenoxy) is 1. The van der Waals surface area contributed by atoms with Gasteiger partial charge in [0.15, 0.2) is 12.4 Å². The average Bonchev–Trinajstić information content (AvgIpc) is 3.76. The van der Waals surface area contributed by atoms with Crippen LogP contribution < -0.4 is 13.9 Å². The van der Waals surface area contributed by atoms with Gasteiger partial charge in [0.2, 0.25) is 11.4 Å². The zero-order valence-electron chi connectivity index (χ0n) is 39.9. The van der Waals surface area contributed by atoms with Crippen molar-refractivity contribution in [2.24, 2.45) is 0 Å². The predicted molar refractivity (Wildman–Crippen MR) is 268 cm³/mol. The van der Waals surface area contributed by atoms with Crippen LogP contribution in [0.4, 0.5) is 22.7 Å². The van der Waals surface area contributed by atoms with E-state index in [9.17, 15) is 0 Å². The molecule has 334 valence electrons. The largest absolute Gasteiger partial charge is 0.509 e. The standard InChI is InChI=1S/C59H61N4O.Pt/c1-37(2)41-29-50(38(3)4)57(51(30-41)39(5)6)40-27-28-60-56(31-40)61-52-22-14-13-21-48(52)49-25-24-47(35-53(49)61)64-46-20-16-19-45(34-46)62-36-63(62,44-18-15-17-42(32-44)58(7,8)9)55-33-43(59(10,11)12)23-26-54(55)62;/h13-33,36-39H,1-12H3;/q-1;/t62?,63-;/m0./s1. The van der Waals surface area contributed by atoms with Crippen LogP contribution in [0.1, 0.15) is 129 Å². The molecule has 0 radical (unpaired) electrons. The summed E-state index contributed by atoms with van der Waals surface area (Å²) in [7, 11) is 0. The van der Waals surface area contributed by atoms with Gasteiger partial charge >= 0.3 is 0 Å². The first-order valence-electron chi connectivity index (χ1n) is 23.1. The summed E-state index contributed by atoms with van der Waals surface area (Å²) in [5.74, 6) is 3.32. The molecule has 65 heavy (non-hydrogen) atoms. The molecule has 6 heteroatoms. The van der Waals surface area contributed by atoms with E-state index < -0.39 is 0 Å². The SMILES string of the molecule is CC(C)c1cc(C(C)C)c(-c2ccnc(-n3c4[c-]c(Oc5[c-]c([N+]67[CH-][N@+]6(c6cccc(C(C)(C)C)c6)c6cc(C(C)(C)C)ccc67)ccc5)ccc4c4ccccc43)c2)c(C(C)C)c1.[Pt]. The maximum Gasteiger partial charge on any atom is 0.225 e. The Bertz CT molecular complexity index is 3120. The molecule has 2 atom stereocenters. The van der Waals surface area contributed by atoms with E-state index in [1.807, 2.05) is 18.3 Å². The summed E-state index contributed by atoms with van der Waals surface area (Å²) in [6, 6.07) is 52.0. The number of para-hydroxylation sites is 1. The topological polar surface area (TPSA) is 27.1 Å². The maximum absolute atomic E-state index is 6.78. The zero-order chi connectivity index (χ0) is 45.1. The van der Waals surface area contributed by atoms with Gasteiger partial charge in [0, 0.05) is 68.5 Å². The molecule has 2 aliphatic rings. The molecule has 0 spiro atoms. The van der Waals surface area contributed by atoms with E-state index in [4.69, 9.17) is 9.72 Å². The van der Waals surface area contributed by atoms with E-state index >= 15 is 0 Å². The smallest absolute Gasteiger partial charge is 0.225 e. The molecule has 0 aliphatic carbocycles. The number of fused-ring (bicyclic) bond motifs is 7. The number of nitrogens with zero attached hydrogens (tertiary/aromatic N) is 4. The van der Waals surface area contributed by atoms with E-state index in [2.05, 4.69) is 216 Å². The summed E-state index contributed by atoms with van der Waals surface area (Å²) in [6.07, 6.45) is 1.96. The molecule has 5 nitrogen and oxygen atoms in total. The fraction of sp³-hybridized carbons (Fsp3) is 0.288. The van der Waals surface area contributed by atoms with Crippen molar-refractivity contribution in [2.75, 3.05) is 0 Å². The van der Waals surface area contributed by atoms with Crippen LogP contribution in [0.5, 0.6) is 11.5 Å². The number of rotatable bonds is 9. The van der Waals surface area contributed by atoms with Crippen LogP contribution in [-0.4, -0.2) is 9.55 Å². The Morgan fingerprint density at radius 3 is 1.97 bits per heavy atom. The van der Waals surface area contributed by atoms with Crippen LogP contribution in [0.25, 0.3) is 38.8 Å². The molecule has 8 aromatic rings. The van der Waals surface area contributed by atoms with E-state index in [1.54, 1.807) is 0 Å². The first kappa shape index (κ1) is 44.9. The third kappa shape index (κ3) is 7.12. The summed E-state index contributed by atoms with van der Waals surface area (Å²) in [5, 5.41) is 2.25. The molecule has 2 aliphatic heterocycles. The minimum Gasteiger partial charge on any atom is -0.509 e. The minimum absolute atomic E-state index is 0. The molecular formula is C59H61N4OPt-. The number of pyridine rings is 1. The van der Waals surface area contributed by atoms with Gasteiger partial charge in [-0.1, -0.05) is 143 Å². The van der Waals surface area contributed by atoms with Gasteiger partial charge in [-0.05, 0) is 91.1 Å². The third-order valence-electron chi connectivity index (χ3n) is 13.8. The molecule has 1 unspecified atom stereocenters. The Hall–Kier alpha value is -5.32. The molecule has 0 saturated carbocycles. The van der Waals surface area contributed by atoms with Crippen molar-refractivity contribution in [1.82, 2.24) is 18.7 Å². The van der Waals surface area contributed by atoms with E-state index in [0.29, 0.717) is 38.4 Å². The van der Waals surface area contributed by atoms with Gasteiger partial charge in [0.25, 0.3) is 0 Å². The summed E-state index contributed by atoms with van der Waals surface area (Å²) in [6.45, 7) is 30.0. The molecule has 10 rings (SSSR count). The Kier molecular flexibility index (Phi) is 11.0. The molecule has 0 N–H and O–H groups in total. The van der Waals surface area contributed by atoms with Gasteiger partial charge in [0.05, 0.1) is 5.69 Å². The van der Waals surface area contributed by atoms with Crippen LogP contribution >= 0.6 is 0 Å². The molecule has 1 fully saturated rings. The first-order chi connectivity index (χ1) is 30.4. The summed E-state index contributed by atoms with van der Waals surface area (Å²) in [4.78, 5) is 5.05. The molecular weight excluding hydrogens is 976 g/mol. The number of aromatic nitrogens is 2. The Balaban J connectivity index is 0.00000533. The second kappa shape index (κ2) is 15.9. The number of quaternary nitrogens is 2. The average molecular weight is 1040 g/mol. The van der Waals surface area contributed by atoms with Gasteiger partial charge in [-0.25, -0.2) is 9.58 Å². The fourth-order valence-electron chi connectivity index (χ4n) is 10.1. The van der Waals surface area contributed by atoms with Gasteiger partial charge < -0.3 is 9.30 Å². The quantitative estimate of drug-likeness (QED) is 0.0818. The van der Waals surface area contributed by atoms with E-state index in [-0.39, 0.29) is 31.9 Å². The van der Waals surface area contributed by atoms with Gasteiger partial charge in [-0.2, -0.15) is 16.7 Å². The summed E-state index contributed by atoms with van der Waals surface area (Å²) in [5.41, 5.74) is 16.2. The van der Waals surface area contributed by atoms with Crippen LogP contribution in [0.3, 0.4) is 0 Å². The molecule has 1 saturated heterocycles. The summed E-state index contributed by atoms with van der Waals surface area (Å²) < 4.78 is 10.2. The maximum atomic E-state index is 6.78. The van der Waals surface area contributed by atoms with Crippen LogP contribution in [0.15, 0.2) is 128 Å². The van der Waals surface area contributed by atoms with E-state index in [0.717, 1.165) is 33.3 Å². The Labute approximate surface area is 401 Å². The summed E-state index contributed by atoms with van der Waals surface area (Å²) >= 11 is 0. The molecule has 0 bridgehead atoms. The van der Waals surface area contributed by atoms with Crippen molar-refractivity contribution in [1.29, 1.82) is 0 Å². The van der Waals surface area contributed by atoms with Crippen molar-refractivity contribution in [3.8, 4) is 28.4 Å². The normalized spacial score (nSPS) is 17.9. The number of benzene rings is 6. The molecule has 2 aromatic heterocycles. The number of hydrogen-bond acceptors (Lipinski definition) is 2. The van der Waals surface area contributed by atoms with Gasteiger partial charge in [0.1, 0.15) is 5.82 Å². The van der Waals surface area contributed by atoms with Gasteiger partial charge in [-0.3, -0.25) is 0 Å². The predicted octanol–water partition coefficient (Wildman–Crippen LogP) is 16.5. The molecule has 4 heterocycles. The van der Waals surface area contributed by atoms with E-state index in [1.165, 1.54) is 56.0 Å².